The zero-order valence-corrected chi connectivity index (χ0v) is 15.0. The fourth-order valence-corrected chi connectivity index (χ4v) is 5.78. The van der Waals surface area contributed by atoms with E-state index in [2.05, 4.69) is 15.9 Å². The van der Waals surface area contributed by atoms with E-state index in [4.69, 9.17) is 11.6 Å². The van der Waals surface area contributed by atoms with Crippen LogP contribution < -0.4 is 0 Å². The van der Waals surface area contributed by atoms with E-state index in [-0.39, 0.29) is 23.1 Å². The van der Waals surface area contributed by atoms with Gasteiger partial charge in [0.2, 0.25) is 0 Å². The van der Waals surface area contributed by atoms with Gasteiger partial charge in [-0.25, -0.2) is 12.8 Å². The van der Waals surface area contributed by atoms with Gasteiger partial charge in [-0.2, -0.15) is 4.31 Å². The van der Waals surface area contributed by atoms with Crippen molar-refractivity contribution in [1.82, 2.24) is 4.31 Å². The minimum absolute atomic E-state index is 0.115. The molecule has 0 aliphatic rings. The molecular formula is C13H12BrClFNO2S2. The quantitative estimate of drug-likeness (QED) is 0.724. The second kappa shape index (κ2) is 6.75. The molecule has 2 aromatic rings. The number of benzene rings is 1. The molecule has 2 rings (SSSR count). The lowest BCUT2D eigenvalue weighted by molar-refractivity contribution is 0.424. The van der Waals surface area contributed by atoms with E-state index in [1.807, 2.05) is 0 Å². The molecule has 0 saturated carbocycles. The van der Waals surface area contributed by atoms with Gasteiger partial charge >= 0.3 is 0 Å². The van der Waals surface area contributed by atoms with Crippen molar-refractivity contribution in [3.05, 3.63) is 50.5 Å². The second-order valence-electron chi connectivity index (χ2n) is 4.25. The van der Waals surface area contributed by atoms with Gasteiger partial charge in [-0.3, -0.25) is 0 Å². The summed E-state index contributed by atoms with van der Waals surface area (Å²) in [6.45, 7) is 2.14. The van der Waals surface area contributed by atoms with Crippen LogP contribution in [-0.4, -0.2) is 19.3 Å². The summed E-state index contributed by atoms with van der Waals surface area (Å²) in [6.07, 6.45) is 0. The summed E-state index contributed by atoms with van der Waals surface area (Å²) < 4.78 is 40.4. The highest BCUT2D eigenvalue weighted by Gasteiger charge is 2.26. The highest BCUT2D eigenvalue weighted by atomic mass is 79.9. The summed E-state index contributed by atoms with van der Waals surface area (Å²) in [4.78, 5) is 0. The standard InChI is InChI=1S/C13H12BrClFNO2S2/c1-2-17(8-9-4-3-5-10(16)6-9)21(18,19)12-7-11(15)13(14)20-12/h3-7H,2,8H2,1H3. The number of sulfonamides is 1. The Balaban J connectivity index is 2.31. The van der Waals surface area contributed by atoms with Gasteiger partial charge in [-0.1, -0.05) is 30.7 Å². The maximum atomic E-state index is 13.2. The van der Waals surface area contributed by atoms with Crippen molar-refractivity contribution in [3.63, 3.8) is 0 Å². The molecule has 0 unspecified atom stereocenters. The van der Waals surface area contributed by atoms with E-state index >= 15 is 0 Å². The van der Waals surface area contributed by atoms with E-state index in [0.29, 0.717) is 14.4 Å². The predicted molar refractivity (Wildman–Crippen MR) is 86.7 cm³/mol. The zero-order chi connectivity index (χ0) is 15.6. The first-order valence-corrected chi connectivity index (χ1v) is 9.46. The number of halogens is 3. The van der Waals surface area contributed by atoms with Gasteiger partial charge in [-0.15, -0.1) is 11.3 Å². The molecule has 1 aromatic heterocycles. The van der Waals surface area contributed by atoms with E-state index < -0.39 is 10.0 Å². The van der Waals surface area contributed by atoms with Gasteiger partial charge in [0.25, 0.3) is 10.0 Å². The molecule has 0 bridgehead atoms. The van der Waals surface area contributed by atoms with Gasteiger partial charge in [-0.05, 0) is 39.7 Å². The minimum atomic E-state index is -3.65. The molecule has 0 radical (unpaired) electrons. The third-order valence-electron chi connectivity index (χ3n) is 2.82. The maximum Gasteiger partial charge on any atom is 0.252 e. The van der Waals surface area contributed by atoms with Crippen molar-refractivity contribution in [2.45, 2.75) is 17.7 Å². The lowest BCUT2D eigenvalue weighted by atomic mass is 10.2. The van der Waals surface area contributed by atoms with Gasteiger partial charge in [0.1, 0.15) is 10.0 Å². The van der Waals surface area contributed by atoms with Crippen LogP contribution in [0.1, 0.15) is 12.5 Å². The minimum Gasteiger partial charge on any atom is -0.207 e. The fourth-order valence-electron chi connectivity index (χ4n) is 1.79. The Morgan fingerprint density at radius 2 is 2.10 bits per heavy atom. The normalized spacial score (nSPS) is 12.0. The molecule has 0 saturated heterocycles. The Morgan fingerprint density at radius 3 is 2.62 bits per heavy atom. The highest BCUT2D eigenvalue weighted by molar-refractivity contribution is 9.11. The van der Waals surface area contributed by atoms with E-state index in [1.165, 1.54) is 22.5 Å². The van der Waals surface area contributed by atoms with Gasteiger partial charge in [0, 0.05) is 13.1 Å². The summed E-state index contributed by atoms with van der Waals surface area (Å²) in [5.41, 5.74) is 0.599. The number of hydrogen-bond donors (Lipinski definition) is 0. The summed E-state index contributed by atoms with van der Waals surface area (Å²) >= 11 is 10.2. The van der Waals surface area contributed by atoms with Gasteiger partial charge in [0.15, 0.2) is 0 Å². The first-order valence-electron chi connectivity index (χ1n) is 6.04. The Kier molecular flexibility index (Phi) is 5.43. The van der Waals surface area contributed by atoms with Crippen molar-refractivity contribution in [2.75, 3.05) is 6.54 Å². The second-order valence-corrected chi connectivity index (χ2v) is 9.19. The monoisotopic (exact) mass is 411 g/mol. The smallest absolute Gasteiger partial charge is 0.207 e. The molecule has 1 heterocycles. The first-order chi connectivity index (χ1) is 9.84. The van der Waals surface area contributed by atoms with Crippen LogP contribution in [0.2, 0.25) is 5.02 Å². The van der Waals surface area contributed by atoms with E-state index in [1.54, 1.807) is 19.1 Å². The Morgan fingerprint density at radius 1 is 1.38 bits per heavy atom. The number of rotatable bonds is 5. The van der Waals surface area contributed by atoms with Gasteiger partial charge in [0.05, 0.1) is 8.81 Å². The van der Waals surface area contributed by atoms with Crippen LogP contribution >= 0.6 is 38.9 Å². The topological polar surface area (TPSA) is 37.4 Å². The Labute approximate surface area is 140 Å². The molecule has 0 fully saturated rings. The maximum absolute atomic E-state index is 13.2. The lowest BCUT2D eigenvalue weighted by Gasteiger charge is -2.19. The number of hydrogen-bond acceptors (Lipinski definition) is 3. The van der Waals surface area contributed by atoms with Crippen molar-refractivity contribution < 1.29 is 12.8 Å². The molecule has 0 N–H and O–H groups in total. The average Bonchev–Trinajstić information content (AvgIpc) is 2.76. The van der Waals surface area contributed by atoms with E-state index in [0.717, 1.165) is 11.3 Å². The summed E-state index contributed by atoms with van der Waals surface area (Å²) in [5, 5.41) is 0.361. The summed E-state index contributed by atoms with van der Waals surface area (Å²) in [6, 6.07) is 7.32. The van der Waals surface area contributed by atoms with Crippen LogP contribution in [0.5, 0.6) is 0 Å². The fraction of sp³-hybridized carbons (Fsp3) is 0.231. The zero-order valence-electron chi connectivity index (χ0n) is 11.0. The van der Waals surface area contributed by atoms with Crippen molar-refractivity contribution >= 4 is 48.9 Å². The SMILES string of the molecule is CCN(Cc1cccc(F)c1)S(=O)(=O)c1cc(Cl)c(Br)s1. The first kappa shape index (κ1) is 16.9. The van der Waals surface area contributed by atoms with Crippen LogP contribution in [0.25, 0.3) is 0 Å². The Hall–Kier alpha value is -0.470. The lowest BCUT2D eigenvalue weighted by Crippen LogP contribution is -2.29. The summed E-state index contributed by atoms with van der Waals surface area (Å²) in [7, 11) is -3.65. The third-order valence-corrected chi connectivity index (χ3v) is 7.66. The predicted octanol–water partition coefficient (Wildman–Crippen LogP) is 4.51. The number of nitrogens with zero attached hydrogens (tertiary/aromatic N) is 1. The van der Waals surface area contributed by atoms with Crippen molar-refractivity contribution in [3.8, 4) is 0 Å². The van der Waals surface area contributed by atoms with Crippen LogP contribution in [0.15, 0.2) is 38.3 Å². The molecule has 8 heteroatoms. The molecule has 1 aromatic carbocycles. The molecule has 0 spiro atoms. The van der Waals surface area contributed by atoms with E-state index in [9.17, 15) is 12.8 Å². The molecule has 0 aliphatic carbocycles. The highest BCUT2D eigenvalue weighted by Crippen LogP contribution is 2.36. The largest absolute Gasteiger partial charge is 0.252 e. The summed E-state index contributed by atoms with van der Waals surface area (Å²) in [5.74, 6) is -0.386. The van der Waals surface area contributed by atoms with Crippen LogP contribution in [0.4, 0.5) is 4.39 Å². The molecule has 3 nitrogen and oxygen atoms in total. The van der Waals surface area contributed by atoms with Crippen molar-refractivity contribution in [2.24, 2.45) is 0 Å². The average molecular weight is 413 g/mol. The van der Waals surface area contributed by atoms with Gasteiger partial charge < -0.3 is 0 Å². The molecular weight excluding hydrogens is 401 g/mol. The molecule has 0 atom stereocenters. The van der Waals surface area contributed by atoms with Crippen LogP contribution in [-0.2, 0) is 16.6 Å². The molecule has 0 amide bonds. The van der Waals surface area contributed by atoms with Crippen molar-refractivity contribution in [1.29, 1.82) is 0 Å². The third kappa shape index (κ3) is 3.84. The number of thiophene rings is 1. The Bertz CT molecular complexity index is 729. The molecule has 0 aliphatic heterocycles. The van der Waals surface area contributed by atoms with Crippen LogP contribution in [0.3, 0.4) is 0 Å². The van der Waals surface area contributed by atoms with Crippen LogP contribution in [0, 0.1) is 5.82 Å². The molecule has 114 valence electrons. The molecule has 21 heavy (non-hydrogen) atoms.